The van der Waals surface area contributed by atoms with Crippen molar-refractivity contribution in [3.63, 3.8) is 0 Å². The monoisotopic (exact) mass is 420 g/mol. The van der Waals surface area contributed by atoms with Crippen molar-refractivity contribution < 1.29 is 17.6 Å². The zero-order valence-corrected chi connectivity index (χ0v) is 18.4. The Morgan fingerprint density at radius 3 is 2.31 bits per heavy atom. The molecule has 1 amide bonds. The summed E-state index contributed by atoms with van der Waals surface area (Å²) in [6.07, 6.45) is 3.09. The summed E-state index contributed by atoms with van der Waals surface area (Å²) in [5.74, 6) is 1.24. The van der Waals surface area contributed by atoms with Gasteiger partial charge in [0.15, 0.2) is 0 Å². The molecule has 2 aromatic heterocycles. The van der Waals surface area contributed by atoms with Gasteiger partial charge in [0, 0.05) is 38.3 Å². The lowest BCUT2D eigenvalue weighted by molar-refractivity contribution is -0.127. The van der Waals surface area contributed by atoms with E-state index in [9.17, 15) is 13.2 Å². The second-order valence-electron chi connectivity index (χ2n) is 7.55. The van der Waals surface area contributed by atoms with Crippen LogP contribution in [-0.2, 0) is 14.8 Å². The molecule has 3 heterocycles. The first-order valence-corrected chi connectivity index (χ1v) is 11.1. The molecule has 1 aliphatic rings. The van der Waals surface area contributed by atoms with E-state index >= 15 is 0 Å². The molecular weight excluding hydrogens is 392 g/mol. The van der Waals surface area contributed by atoms with Crippen molar-refractivity contribution in [2.24, 2.45) is 0 Å². The van der Waals surface area contributed by atoms with E-state index in [1.54, 1.807) is 35.6 Å². The third-order valence-electron chi connectivity index (χ3n) is 5.05. The van der Waals surface area contributed by atoms with E-state index in [2.05, 4.69) is 5.10 Å². The summed E-state index contributed by atoms with van der Waals surface area (Å²) in [6.45, 7) is 10.5. The Hall–Kier alpha value is -2.39. The quantitative estimate of drug-likeness (QED) is 0.694. The number of hydrogen-bond donors (Lipinski definition) is 0. The number of furan rings is 1. The van der Waals surface area contributed by atoms with Crippen LogP contribution in [0.1, 0.15) is 42.8 Å². The number of sulfonamides is 1. The Labute approximate surface area is 171 Å². The van der Waals surface area contributed by atoms with Crippen molar-refractivity contribution in [1.82, 2.24) is 19.0 Å². The molecule has 29 heavy (non-hydrogen) atoms. The van der Waals surface area contributed by atoms with Crippen LogP contribution in [-0.4, -0.2) is 59.5 Å². The number of rotatable bonds is 5. The minimum Gasteiger partial charge on any atom is -0.462 e. The highest BCUT2D eigenvalue weighted by molar-refractivity contribution is 7.89. The van der Waals surface area contributed by atoms with Gasteiger partial charge in [0.1, 0.15) is 16.4 Å². The highest BCUT2D eigenvalue weighted by atomic mass is 32.2. The Morgan fingerprint density at radius 1 is 1.14 bits per heavy atom. The van der Waals surface area contributed by atoms with Crippen LogP contribution in [0.3, 0.4) is 0 Å². The minimum atomic E-state index is -3.66. The molecule has 2 aromatic rings. The zero-order valence-electron chi connectivity index (χ0n) is 17.5. The first kappa shape index (κ1) is 21.3. The first-order chi connectivity index (χ1) is 13.6. The Balaban J connectivity index is 1.68. The molecule has 0 radical (unpaired) electrons. The van der Waals surface area contributed by atoms with Crippen LogP contribution in [0.5, 0.6) is 0 Å². The largest absolute Gasteiger partial charge is 0.462 e. The Bertz CT molecular complexity index is 1030. The third-order valence-corrected chi connectivity index (χ3v) is 7.20. The molecule has 1 fully saturated rings. The van der Waals surface area contributed by atoms with Crippen LogP contribution in [0, 0.1) is 20.8 Å². The normalized spacial score (nSPS) is 16.3. The molecule has 0 unspecified atom stereocenters. The molecule has 0 atom stereocenters. The molecule has 1 saturated heterocycles. The van der Waals surface area contributed by atoms with Gasteiger partial charge in [-0.15, -0.1) is 0 Å². The summed E-state index contributed by atoms with van der Waals surface area (Å²) in [6, 6.07) is 3.71. The number of aromatic nitrogens is 2. The molecule has 0 N–H and O–H groups in total. The van der Waals surface area contributed by atoms with Crippen molar-refractivity contribution in [1.29, 1.82) is 0 Å². The number of nitrogens with zero attached hydrogens (tertiary/aromatic N) is 4. The number of piperazine rings is 1. The zero-order chi connectivity index (χ0) is 21.3. The van der Waals surface area contributed by atoms with Crippen molar-refractivity contribution in [2.45, 2.75) is 45.6 Å². The Kier molecular flexibility index (Phi) is 6.00. The predicted molar refractivity (Wildman–Crippen MR) is 110 cm³/mol. The van der Waals surface area contributed by atoms with Crippen molar-refractivity contribution in [3.8, 4) is 0 Å². The number of carbonyl (C=O) groups excluding carboxylic acids is 1. The fraction of sp³-hybridized carbons (Fsp3) is 0.500. The summed E-state index contributed by atoms with van der Waals surface area (Å²) in [7, 11) is -3.66. The van der Waals surface area contributed by atoms with Crippen molar-refractivity contribution in [3.05, 3.63) is 41.1 Å². The molecular formula is C20H28N4O4S. The third kappa shape index (κ3) is 4.30. The van der Waals surface area contributed by atoms with E-state index in [1.165, 1.54) is 10.4 Å². The lowest BCUT2D eigenvalue weighted by Gasteiger charge is -2.33. The topological polar surface area (TPSA) is 88.7 Å². The van der Waals surface area contributed by atoms with Gasteiger partial charge in [-0.05, 0) is 52.8 Å². The van der Waals surface area contributed by atoms with Crippen LogP contribution < -0.4 is 0 Å². The van der Waals surface area contributed by atoms with E-state index in [4.69, 9.17) is 4.42 Å². The summed E-state index contributed by atoms with van der Waals surface area (Å²) in [5.41, 5.74) is 1.15. The maximum Gasteiger partial charge on any atom is 0.246 e. The van der Waals surface area contributed by atoms with Crippen LogP contribution in [0.15, 0.2) is 27.5 Å². The fourth-order valence-corrected chi connectivity index (χ4v) is 5.39. The summed E-state index contributed by atoms with van der Waals surface area (Å²) in [4.78, 5) is 14.3. The highest BCUT2D eigenvalue weighted by Gasteiger charge is 2.34. The molecule has 158 valence electrons. The maximum absolute atomic E-state index is 13.2. The summed E-state index contributed by atoms with van der Waals surface area (Å²) in [5, 5.41) is 4.40. The summed E-state index contributed by atoms with van der Waals surface area (Å²) < 4.78 is 35.0. The van der Waals surface area contributed by atoms with E-state index in [0.29, 0.717) is 30.2 Å². The molecule has 0 bridgehead atoms. The molecule has 8 nitrogen and oxygen atoms in total. The molecule has 0 spiro atoms. The van der Waals surface area contributed by atoms with Crippen molar-refractivity contribution in [2.75, 3.05) is 26.2 Å². The molecule has 0 aliphatic carbocycles. The van der Waals surface area contributed by atoms with Gasteiger partial charge in [-0.25, -0.2) is 8.42 Å². The first-order valence-electron chi connectivity index (χ1n) is 9.70. The Morgan fingerprint density at radius 2 is 1.79 bits per heavy atom. The van der Waals surface area contributed by atoms with Crippen LogP contribution in [0.4, 0.5) is 0 Å². The summed E-state index contributed by atoms with van der Waals surface area (Å²) >= 11 is 0. The lowest BCUT2D eigenvalue weighted by Crippen LogP contribution is -2.50. The van der Waals surface area contributed by atoms with Crippen LogP contribution in [0.2, 0.25) is 0 Å². The SMILES string of the molecule is Cc1ccc(/C=C/C(=O)N2CCN(S(=O)(=O)c3c(C)nn(C(C)C)c3C)CC2)o1. The fourth-order valence-electron chi connectivity index (χ4n) is 3.60. The van der Waals surface area contributed by atoms with E-state index in [0.717, 1.165) is 5.76 Å². The average molecular weight is 421 g/mol. The van der Waals surface area contributed by atoms with Crippen molar-refractivity contribution >= 4 is 22.0 Å². The van der Waals surface area contributed by atoms with Crippen LogP contribution >= 0.6 is 0 Å². The maximum atomic E-state index is 13.2. The number of carbonyl (C=O) groups is 1. The smallest absolute Gasteiger partial charge is 0.246 e. The molecule has 3 rings (SSSR count). The van der Waals surface area contributed by atoms with Gasteiger partial charge in [0.2, 0.25) is 15.9 Å². The standard InChI is InChI=1S/C20H28N4O4S/c1-14(2)24-17(5)20(16(4)21-24)29(26,27)23-12-10-22(11-13-23)19(25)9-8-18-7-6-15(3)28-18/h6-9,14H,10-13H2,1-5H3/b9-8+. The molecule has 9 heteroatoms. The highest BCUT2D eigenvalue weighted by Crippen LogP contribution is 2.26. The van der Waals surface area contributed by atoms with E-state index in [-0.39, 0.29) is 29.9 Å². The predicted octanol–water partition coefficient (Wildman–Crippen LogP) is 2.53. The second-order valence-corrected chi connectivity index (χ2v) is 9.42. The number of amides is 1. The second kappa shape index (κ2) is 8.16. The van der Waals surface area contributed by atoms with E-state index in [1.807, 2.05) is 26.8 Å². The average Bonchev–Trinajstić information content (AvgIpc) is 3.22. The number of aryl methyl sites for hydroxylation is 2. The van der Waals surface area contributed by atoms with Gasteiger partial charge in [-0.1, -0.05) is 0 Å². The van der Waals surface area contributed by atoms with Gasteiger partial charge in [0.25, 0.3) is 0 Å². The van der Waals surface area contributed by atoms with Gasteiger partial charge in [0.05, 0.1) is 11.4 Å². The van der Waals surface area contributed by atoms with E-state index < -0.39 is 10.0 Å². The van der Waals surface area contributed by atoms with Gasteiger partial charge in [-0.3, -0.25) is 9.48 Å². The van der Waals surface area contributed by atoms with Crippen LogP contribution in [0.25, 0.3) is 6.08 Å². The minimum absolute atomic E-state index is 0.0804. The molecule has 0 saturated carbocycles. The molecule has 0 aromatic carbocycles. The van der Waals surface area contributed by atoms with Gasteiger partial charge >= 0.3 is 0 Å². The van der Waals surface area contributed by atoms with Gasteiger partial charge < -0.3 is 9.32 Å². The molecule has 1 aliphatic heterocycles. The lowest BCUT2D eigenvalue weighted by atomic mass is 10.3. The number of hydrogen-bond acceptors (Lipinski definition) is 5. The van der Waals surface area contributed by atoms with Gasteiger partial charge in [-0.2, -0.15) is 9.40 Å².